The van der Waals surface area contributed by atoms with Crippen LogP contribution >= 0.6 is 0 Å². The van der Waals surface area contributed by atoms with E-state index in [1.807, 2.05) is 0 Å². The smallest absolute Gasteiger partial charge is 0.00489 e. The van der Waals surface area contributed by atoms with E-state index in [9.17, 15) is 0 Å². The molecule has 0 fully saturated rings. The summed E-state index contributed by atoms with van der Waals surface area (Å²) in [5, 5.41) is 3.64. The van der Waals surface area contributed by atoms with E-state index in [1.165, 1.54) is 142 Å². The number of unbranched alkanes of at least 4 members (excludes halogenated alkanes) is 17. The average molecular weight is 396 g/mol. The van der Waals surface area contributed by atoms with Crippen LogP contribution in [0.5, 0.6) is 0 Å². The zero-order valence-corrected chi connectivity index (χ0v) is 20.6. The molecule has 1 heteroatoms. The Hall–Kier alpha value is -0.0400. The summed E-state index contributed by atoms with van der Waals surface area (Å²) in [5.41, 5.74) is 0.520. The molecule has 0 aromatic rings. The fourth-order valence-corrected chi connectivity index (χ4v) is 4.01. The average Bonchev–Trinajstić information content (AvgIpc) is 2.65. The molecule has 0 unspecified atom stereocenters. The molecule has 0 saturated heterocycles. The SMILES string of the molecule is CCCCCCCCCCCCCCCCCNCCCCCCC(C)(C)C. The molecule has 0 radical (unpaired) electrons. The van der Waals surface area contributed by atoms with Gasteiger partial charge >= 0.3 is 0 Å². The van der Waals surface area contributed by atoms with Gasteiger partial charge in [0.1, 0.15) is 0 Å². The van der Waals surface area contributed by atoms with E-state index < -0.39 is 0 Å². The van der Waals surface area contributed by atoms with Crippen LogP contribution in [0.25, 0.3) is 0 Å². The molecule has 0 atom stereocenters. The molecule has 1 nitrogen and oxygen atoms in total. The molecule has 0 bridgehead atoms. The van der Waals surface area contributed by atoms with Crippen molar-refractivity contribution < 1.29 is 0 Å². The summed E-state index contributed by atoms with van der Waals surface area (Å²) in [5.74, 6) is 0. The van der Waals surface area contributed by atoms with Gasteiger partial charge in [0.05, 0.1) is 0 Å². The van der Waals surface area contributed by atoms with Crippen molar-refractivity contribution in [1.82, 2.24) is 5.32 Å². The molecule has 0 aromatic heterocycles. The van der Waals surface area contributed by atoms with Crippen LogP contribution in [0, 0.1) is 5.41 Å². The van der Waals surface area contributed by atoms with Gasteiger partial charge in [-0.2, -0.15) is 0 Å². The summed E-state index contributed by atoms with van der Waals surface area (Å²) in [7, 11) is 0. The monoisotopic (exact) mass is 395 g/mol. The third-order valence-electron chi connectivity index (χ3n) is 5.99. The Kier molecular flexibility index (Phi) is 21.6. The Morgan fingerprint density at radius 2 is 0.750 bits per heavy atom. The standard InChI is InChI=1S/C27H57N/c1-5-6-7-8-9-10-11-12-13-14-15-16-17-19-22-25-28-26-23-20-18-21-24-27(2,3)4/h28H,5-26H2,1-4H3. The molecule has 0 aliphatic rings. The molecule has 0 amide bonds. The summed E-state index contributed by atoms with van der Waals surface area (Å²) in [4.78, 5) is 0. The molecule has 28 heavy (non-hydrogen) atoms. The molecule has 0 saturated carbocycles. The first-order chi connectivity index (χ1) is 13.6. The van der Waals surface area contributed by atoms with Crippen molar-refractivity contribution in [3.05, 3.63) is 0 Å². The van der Waals surface area contributed by atoms with Crippen molar-refractivity contribution in [2.24, 2.45) is 5.41 Å². The first-order valence-electron chi connectivity index (χ1n) is 13.3. The van der Waals surface area contributed by atoms with Crippen LogP contribution in [0.4, 0.5) is 0 Å². The molecule has 0 heterocycles. The highest BCUT2D eigenvalue weighted by atomic mass is 14.8. The molecule has 0 spiro atoms. The van der Waals surface area contributed by atoms with Gasteiger partial charge in [0, 0.05) is 0 Å². The first kappa shape index (κ1) is 28.0. The van der Waals surface area contributed by atoms with Gasteiger partial charge in [0.25, 0.3) is 0 Å². The third kappa shape index (κ3) is 26.0. The maximum absolute atomic E-state index is 3.64. The van der Waals surface area contributed by atoms with Gasteiger partial charge in [-0.15, -0.1) is 0 Å². The van der Waals surface area contributed by atoms with Crippen LogP contribution in [0.1, 0.15) is 156 Å². The molecular weight excluding hydrogens is 338 g/mol. The first-order valence-corrected chi connectivity index (χ1v) is 13.3. The second-order valence-corrected chi connectivity index (χ2v) is 10.4. The van der Waals surface area contributed by atoms with Crippen LogP contribution in [0.3, 0.4) is 0 Å². The van der Waals surface area contributed by atoms with Crippen molar-refractivity contribution in [2.45, 2.75) is 156 Å². The second-order valence-electron chi connectivity index (χ2n) is 10.4. The third-order valence-corrected chi connectivity index (χ3v) is 5.99. The summed E-state index contributed by atoms with van der Waals surface area (Å²) in [6.45, 7) is 11.8. The molecule has 0 aliphatic carbocycles. The van der Waals surface area contributed by atoms with Crippen LogP contribution in [0.2, 0.25) is 0 Å². The lowest BCUT2D eigenvalue weighted by Crippen LogP contribution is -2.16. The van der Waals surface area contributed by atoms with Crippen LogP contribution < -0.4 is 5.32 Å². The maximum atomic E-state index is 3.64. The predicted molar refractivity (Wildman–Crippen MR) is 130 cm³/mol. The van der Waals surface area contributed by atoms with Gasteiger partial charge in [-0.1, -0.05) is 137 Å². The highest BCUT2D eigenvalue weighted by molar-refractivity contribution is 4.61. The molecule has 0 aliphatic heterocycles. The van der Waals surface area contributed by atoms with Gasteiger partial charge in [-0.25, -0.2) is 0 Å². The second kappa shape index (κ2) is 21.7. The number of hydrogen-bond acceptors (Lipinski definition) is 1. The van der Waals surface area contributed by atoms with Crippen molar-refractivity contribution in [3.63, 3.8) is 0 Å². The fourth-order valence-electron chi connectivity index (χ4n) is 4.01. The maximum Gasteiger partial charge on any atom is -0.00489 e. The van der Waals surface area contributed by atoms with Gasteiger partial charge < -0.3 is 5.32 Å². The number of hydrogen-bond donors (Lipinski definition) is 1. The van der Waals surface area contributed by atoms with Crippen molar-refractivity contribution >= 4 is 0 Å². The highest BCUT2D eigenvalue weighted by Gasteiger charge is 2.08. The van der Waals surface area contributed by atoms with E-state index in [2.05, 4.69) is 33.0 Å². The Morgan fingerprint density at radius 1 is 0.429 bits per heavy atom. The van der Waals surface area contributed by atoms with Crippen molar-refractivity contribution in [1.29, 1.82) is 0 Å². The van der Waals surface area contributed by atoms with E-state index in [1.54, 1.807) is 0 Å². The molecular formula is C27H57N. The van der Waals surface area contributed by atoms with E-state index in [4.69, 9.17) is 0 Å². The highest BCUT2D eigenvalue weighted by Crippen LogP contribution is 2.22. The summed E-state index contributed by atoms with van der Waals surface area (Å²) in [6, 6.07) is 0. The molecule has 0 aromatic carbocycles. The lowest BCUT2D eigenvalue weighted by molar-refractivity contribution is 0.356. The normalized spacial score (nSPS) is 12.0. The van der Waals surface area contributed by atoms with Gasteiger partial charge in [0.15, 0.2) is 0 Å². The Morgan fingerprint density at radius 3 is 1.11 bits per heavy atom. The predicted octanol–water partition coefficient (Wildman–Crippen LogP) is 9.44. The summed E-state index contributed by atoms with van der Waals surface area (Å²) >= 11 is 0. The van der Waals surface area contributed by atoms with Gasteiger partial charge in [-0.3, -0.25) is 0 Å². The van der Waals surface area contributed by atoms with Crippen molar-refractivity contribution in [2.75, 3.05) is 13.1 Å². The zero-order chi connectivity index (χ0) is 20.8. The summed E-state index contributed by atoms with van der Waals surface area (Å²) in [6.07, 6.45) is 28.8. The Bertz CT molecular complexity index is 278. The number of rotatable bonds is 22. The topological polar surface area (TPSA) is 12.0 Å². The number of nitrogens with one attached hydrogen (secondary N) is 1. The Labute approximate surface area is 180 Å². The minimum absolute atomic E-state index is 0.520. The van der Waals surface area contributed by atoms with Crippen molar-refractivity contribution in [3.8, 4) is 0 Å². The van der Waals surface area contributed by atoms with Gasteiger partial charge in [0.2, 0.25) is 0 Å². The lowest BCUT2D eigenvalue weighted by atomic mass is 9.89. The van der Waals surface area contributed by atoms with Crippen LogP contribution in [0.15, 0.2) is 0 Å². The fraction of sp³-hybridized carbons (Fsp3) is 1.00. The van der Waals surface area contributed by atoms with E-state index in [-0.39, 0.29) is 0 Å². The van der Waals surface area contributed by atoms with E-state index >= 15 is 0 Å². The minimum atomic E-state index is 0.520. The molecule has 1 N–H and O–H groups in total. The zero-order valence-electron chi connectivity index (χ0n) is 20.6. The minimum Gasteiger partial charge on any atom is -0.317 e. The summed E-state index contributed by atoms with van der Waals surface area (Å²) < 4.78 is 0. The van der Waals surface area contributed by atoms with E-state index in [0.717, 1.165) is 0 Å². The van der Waals surface area contributed by atoms with E-state index in [0.29, 0.717) is 5.41 Å². The molecule has 170 valence electrons. The van der Waals surface area contributed by atoms with Gasteiger partial charge in [-0.05, 0) is 37.8 Å². The molecule has 0 rings (SSSR count). The lowest BCUT2D eigenvalue weighted by Gasteiger charge is -2.17. The van der Waals surface area contributed by atoms with Crippen LogP contribution in [-0.2, 0) is 0 Å². The largest absolute Gasteiger partial charge is 0.317 e. The van der Waals surface area contributed by atoms with Crippen LogP contribution in [-0.4, -0.2) is 13.1 Å². The quantitative estimate of drug-likeness (QED) is 0.180. The Balaban J connectivity index is 3.01.